The average molecular weight is 349 g/mol. The van der Waals surface area contributed by atoms with Crippen LogP contribution in [0.3, 0.4) is 0 Å². The van der Waals surface area contributed by atoms with E-state index >= 15 is 0 Å². The predicted octanol–water partition coefficient (Wildman–Crippen LogP) is 2.79. The van der Waals surface area contributed by atoms with Gasteiger partial charge in [-0.05, 0) is 32.5 Å². The van der Waals surface area contributed by atoms with Crippen molar-refractivity contribution < 1.29 is 0 Å². The highest BCUT2D eigenvalue weighted by Gasteiger charge is 2.08. The molecule has 3 rings (SSSR count). The van der Waals surface area contributed by atoms with Crippen LogP contribution in [0.25, 0.3) is 5.65 Å². The lowest BCUT2D eigenvalue weighted by atomic mass is 10.3. The molecule has 0 atom stereocenters. The number of fused-ring (bicyclic) bond motifs is 1. The molecule has 3 heterocycles. The largest absolute Gasteiger partial charge is 0.300 e. The van der Waals surface area contributed by atoms with Gasteiger partial charge in [-0.3, -0.25) is 9.20 Å². The summed E-state index contributed by atoms with van der Waals surface area (Å²) in [5.41, 5.74) is 4.24. The van der Waals surface area contributed by atoms with E-state index in [2.05, 4.69) is 14.9 Å². The predicted molar refractivity (Wildman–Crippen MR) is 93.4 cm³/mol. The summed E-state index contributed by atoms with van der Waals surface area (Å²) in [5, 5.41) is 0.520. The van der Waals surface area contributed by atoms with Crippen molar-refractivity contribution in [3.63, 3.8) is 0 Å². The van der Waals surface area contributed by atoms with Gasteiger partial charge in [-0.15, -0.1) is 11.3 Å². The van der Waals surface area contributed by atoms with Gasteiger partial charge in [0.05, 0.1) is 21.9 Å². The van der Waals surface area contributed by atoms with E-state index in [0.717, 1.165) is 24.4 Å². The second-order valence-corrected chi connectivity index (χ2v) is 6.89. The third kappa shape index (κ3) is 3.77. The summed E-state index contributed by atoms with van der Waals surface area (Å²) in [6.45, 7) is 3.56. The quantitative estimate of drug-likeness (QED) is 0.711. The highest BCUT2D eigenvalue weighted by molar-refractivity contribution is 7.09. The van der Waals surface area contributed by atoms with Crippen LogP contribution in [0.1, 0.15) is 16.3 Å². The molecule has 0 aliphatic rings. The molecule has 3 aromatic rings. The second-order valence-electron chi connectivity index (χ2n) is 5.51. The normalized spacial score (nSPS) is 11.5. The van der Waals surface area contributed by atoms with Crippen molar-refractivity contribution in [3.05, 3.63) is 61.5 Å². The lowest BCUT2D eigenvalue weighted by Gasteiger charge is -2.16. The summed E-state index contributed by atoms with van der Waals surface area (Å²) >= 11 is 7.60. The Labute approximate surface area is 143 Å². The SMILES string of the molecule is Cc1ncsc1CCN(C)Cc1cc(=O)n2cc(Cl)ccc2n1. The zero-order valence-electron chi connectivity index (χ0n) is 13.0. The van der Waals surface area contributed by atoms with Crippen molar-refractivity contribution in [1.29, 1.82) is 0 Å². The first kappa shape index (κ1) is 16.1. The van der Waals surface area contributed by atoms with Gasteiger partial charge in [-0.1, -0.05) is 11.6 Å². The molecule has 0 radical (unpaired) electrons. The molecular formula is C16H17ClN4OS. The molecular weight excluding hydrogens is 332 g/mol. The molecule has 0 saturated carbocycles. The molecule has 0 bridgehead atoms. The first-order chi connectivity index (χ1) is 11.0. The zero-order valence-corrected chi connectivity index (χ0v) is 14.6. The van der Waals surface area contributed by atoms with E-state index in [4.69, 9.17) is 11.6 Å². The van der Waals surface area contributed by atoms with Gasteiger partial charge in [0.1, 0.15) is 5.65 Å². The minimum absolute atomic E-state index is 0.112. The van der Waals surface area contributed by atoms with Crippen molar-refractivity contribution >= 4 is 28.6 Å². The van der Waals surface area contributed by atoms with Crippen molar-refractivity contribution in [1.82, 2.24) is 19.3 Å². The van der Waals surface area contributed by atoms with Gasteiger partial charge in [0.25, 0.3) is 5.56 Å². The maximum Gasteiger partial charge on any atom is 0.258 e. The molecule has 0 N–H and O–H groups in total. The summed E-state index contributed by atoms with van der Waals surface area (Å²) in [7, 11) is 2.03. The Hall–Kier alpha value is -1.76. The average Bonchev–Trinajstić information content (AvgIpc) is 2.91. The number of aryl methyl sites for hydroxylation is 1. The second kappa shape index (κ2) is 6.78. The molecule has 120 valence electrons. The number of likely N-dealkylation sites (N-methyl/N-ethyl adjacent to an activating group) is 1. The van der Waals surface area contributed by atoms with E-state index in [9.17, 15) is 4.79 Å². The maximum absolute atomic E-state index is 12.2. The van der Waals surface area contributed by atoms with Gasteiger partial charge in [0.2, 0.25) is 0 Å². The minimum Gasteiger partial charge on any atom is -0.300 e. The van der Waals surface area contributed by atoms with Crippen LogP contribution in [0.15, 0.2) is 34.7 Å². The van der Waals surface area contributed by atoms with Crippen LogP contribution in [0, 0.1) is 6.92 Å². The van der Waals surface area contributed by atoms with Crippen molar-refractivity contribution in [3.8, 4) is 0 Å². The highest BCUT2D eigenvalue weighted by Crippen LogP contribution is 2.13. The zero-order chi connectivity index (χ0) is 16.4. The van der Waals surface area contributed by atoms with Gasteiger partial charge in [-0.2, -0.15) is 0 Å². The van der Waals surface area contributed by atoms with E-state index in [1.165, 1.54) is 9.28 Å². The summed E-state index contributed by atoms with van der Waals surface area (Å²) < 4.78 is 1.46. The number of hydrogen-bond donors (Lipinski definition) is 0. The molecule has 0 aliphatic heterocycles. The summed E-state index contributed by atoms with van der Waals surface area (Å²) in [6.07, 6.45) is 2.54. The van der Waals surface area contributed by atoms with Crippen molar-refractivity contribution in [2.75, 3.05) is 13.6 Å². The number of aromatic nitrogens is 3. The summed E-state index contributed by atoms with van der Waals surface area (Å²) in [4.78, 5) is 24.4. The Kier molecular flexibility index (Phi) is 4.75. The highest BCUT2D eigenvalue weighted by atomic mass is 35.5. The molecule has 0 amide bonds. The van der Waals surface area contributed by atoms with Gasteiger partial charge in [0, 0.05) is 30.2 Å². The molecule has 23 heavy (non-hydrogen) atoms. The fraction of sp³-hybridized carbons (Fsp3) is 0.312. The van der Waals surface area contributed by atoms with E-state index < -0.39 is 0 Å². The number of nitrogens with zero attached hydrogens (tertiary/aromatic N) is 4. The molecule has 0 fully saturated rings. The first-order valence-corrected chi connectivity index (χ1v) is 8.54. The van der Waals surface area contributed by atoms with Crippen LogP contribution < -0.4 is 5.56 Å². The van der Waals surface area contributed by atoms with Crippen molar-refractivity contribution in [2.24, 2.45) is 0 Å². The Bertz CT molecular complexity index is 889. The molecule has 0 spiro atoms. The van der Waals surface area contributed by atoms with Gasteiger partial charge >= 0.3 is 0 Å². The molecule has 0 saturated heterocycles. The Morgan fingerprint density at radius 2 is 2.22 bits per heavy atom. The fourth-order valence-electron chi connectivity index (χ4n) is 2.42. The monoisotopic (exact) mass is 348 g/mol. The number of hydrogen-bond acceptors (Lipinski definition) is 5. The lowest BCUT2D eigenvalue weighted by Crippen LogP contribution is -2.23. The Balaban J connectivity index is 1.72. The molecule has 0 aromatic carbocycles. The smallest absolute Gasteiger partial charge is 0.258 e. The molecule has 3 aromatic heterocycles. The number of rotatable bonds is 5. The third-order valence-corrected chi connectivity index (χ3v) is 4.89. The van der Waals surface area contributed by atoms with E-state index in [-0.39, 0.29) is 5.56 Å². The summed E-state index contributed by atoms with van der Waals surface area (Å²) in [5.74, 6) is 0. The number of thiazole rings is 1. The number of halogens is 1. The van der Waals surface area contributed by atoms with Crippen molar-refractivity contribution in [2.45, 2.75) is 19.9 Å². The molecule has 0 aliphatic carbocycles. The molecule has 7 heteroatoms. The standard InChI is InChI=1S/C16H17ClN4OS/c1-11-14(23-10-18-11)5-6-20(2)9-13-7-16(22)21-8-12(17)3-4-15(21)19-13/h3-4,7-8,10H,5-6,9H2,1-2H3. The maximum atomic E-state index is 12.2. The number of pyridine rings is 1. The van der Waals surface area contributed by atoms with E-state index in [1.807, 2.05) is 19.5 Å². The van der Waals surface area contributed by atoms with Crippen LogP contribution in [-0.4, -0.2) is 32.9 Å². The van der Waals surface area contributed by atoms with Crippen LogP contribution in [0.2, 0.25) is 5.02 Å². The first-order valence-electron chi connectivity index (χ1n) is 7.28. The van der Waals surface area contributed by atoms with E-state index in [1.54, 1.807) is 35.7 Å². The van der Waals surface area contributed by atoms with Crippen LogP contribution in [0.5, 0.6) is 0 Å². The van der Waals surface area contributed by atoms with Gasteiger partial charge in [0.15, 0.2) is 0 Å². The lowest BCUT2D eigenvalue weighted by molar-refractivity contribution is 0.327. The van der Waals surface area contributed by atoms with Crippen LogP contribution in [0.4, 0.5) is 0 Å². The minimum atomic E-state index is -0.112. The Morgan fingerprint density at radius 1 is 1.39 bits per heavy atom. The third-order valence-electron chi connectivity index (χ3n) is 3.67. The van der Waals surface area contributed by atoms with Gasteiger partial charge < -0.3 is 4.90 Å². The topological polar surface area (TPSA) is 50.5 Å². The fourth-order valence-corrected chi connectivity index (χ4v) is 3.35. The molecule has 0 unspecified atom stereocenters. The van der Waals surface area contributed by atoms with Gasteiger partial charge in [-0.25, -0.2) is 9.97 Å². The van der Waals surface area contributed by atoms with Crippen LogP contribution in [-0.2, 0) is 13.0 Å². The molecule has 5 nitrogen and oxygen atoms in total. The Morgan fingerprint density at radius 3 is 2.96 bits per heavy atom. The van der Waals surface area contributed by atoms with Crippen LogP contribution >= 0.6 is 22.9 Å². The van der Waals surface area contributed by atoms with E-state index in [0.29, 0.717) is 17.2 Å². The summed E-state index contributed by atoms with van der Waals surface area (Å²) in [6, 6.07) is 5.06.